The Hall–Kier alpha value is -1.36. The van der Waals surface area contributed by atoms with E-state index in [-0.39, 0.29) is 12.3 Å². The van der Waals surface area contributed by atoms with Crippen molar-refractivity contribution in [2.75, 3.05) is 13.2 Å². The van der Waals surface area contributed by atoms with Gasteiger partial charge in [0.05, 0.1) is 6.04 Å². The maximum Gasteiger partial charge on any atom is 0.423 e. The van der Waals surface area contributed by atoms with Gasteiger partial charge in [0.2, 0.25) is 12.0 Å². The van der Waals surface area contributed by atoms with Crippen LogP contribution in [0.1, 0.15) is 12.8 Å². The van der Waals surface area contributed by atoms with Crippen molar-refractivity contribution in [3.8, 4) is 0 Å². The Morgan fingerprint density at radius 1 is 1.27 bits per heavy atom. The summed E-state index contributed by atoms with van der Waals surface area (Å²) in [5.74, 6) is -2.06. The van der Waals surface area contributed by atoms with Gasteiger partial charge >= 0.3 is 12.4 Å². The molecule has 0 radical (unpaired) electrons. The van der Waals surface area contributed by atoms with Gasteiger partial charge in [-0.25, -0.2) is 0 Å². The number of Topliss-reactive ketones (excluding diaryl/α,β-unsaturated/α-hetero) is 1. The molecule has 0 saturated carbocycles. The van der Waals surface area contributed by atoms with E-state index in [4.69, 9.17) is 5.73 Å². The monoisotopic (exact) mass is 336 g/mol. The highest BCUT2D eigenvalue weighted by Gasteiger charge is 2.58. The standard InChI is InChI=1S/C11H14F6N2O3/c12-10(13,14)9(11(15,16)17)22-4-7(20)6(18)3-5-1-2-19-8(5)21/h5-6,9H,1-4,18H2,(H,19,21)/t5-,6-/m0/s1. The number of carbonyl (C=O) groups excluding carboxylic acids is 2. The van der Waals surface area contributed by atoms with Crippen molar-refractivity contribution in [1.82, 2.24) is 5.32 Å². The number of nitrogens with two attached hydrogens (primary N) is 1. The number of alkyl halides is 6. The summed E-state index contributed by atoms with van der Waals surface area (Å²) < 4.78 is 76.9. The molecule has 1 saturated heterocycles. The summed E-state index contributed by atoms with van der Waals surface area (Å²) >= 11 is 0. The van der Waals surface area contributed by atoms with E-state index in [1.807, 2.05) is 0 Å². The molecule has 1 aliphatic heterocycles. The molecule has 0 bridgehead atoms. The molecule has 0 aromatic rings. The van der Waals surface area contributed by atoms with E-state index in [0.717, 1.165) is 0 Å². The summed E-state index contributed by atoms with van der Waals surface area (Å²) in [5.41, 5.74) is 5.39. The smallest absolute Gasteiger partial charge is 0.356 e. The van der Waals surface area contributed by atoms with Gasteiger partial charge in [0.25, 0.3) is 0 Å². The van der Waals surface area contributed by atoms with Crippen LogP contribution in [0.5, 0.6) is 0 Å². The molecule has 0 aliphatic carbocycles. The molecule has 1 amide bonds. The summed E-state index contributed by atoms with van der Waals surface area (Å²) in [6, 6.07) is -1.36. The topological polar surface area (TPSA) is 81.4 Å². The number of ether oxygens (including phenoxy) is 1. The van der Waals surface area contributed by atoms with E-state index in [2.05, 4.69) is 10.1 Å². The van der Waals surface area contributed by atoms with E-state index in [1.54, 1.807) is 0 Å². The fourth-order valence-corrected chi connectivity index (χ4v) is 1.95. The van der Waals surface area contributed by atoms with Gasteiger partial charge in [-0.3, -0.25) is 9.59 Å². The normalized spacial score (nSPS) is 21.1. The number of nitrogens with one attached hydrogen (secondary N) is 1. The fraction of sp³-hybridized carbons (Fsp3) is 0.818. The van der Waals surface area contributed by atoms with Crippen LogP contribution in [-0.4, -0.2) is 49.3 Å². The molecule has 1 heterocycles. The Bertz CT molecular complexity index is 409. The lowest BCUT2D eigenvalue weighted by Crippen LogP contribution is -2.46. The third kappa shape index (κ3) is 5.13. The Labute approximate surface area is 121 Å². The van der Waals surface area contributed by atoms with Gasteiger partial charge in [0.1, 0.15) is 6.61 Å². The second-order valence-corrected chi connectivity index (χ2v) is 4.86. The summed E-state index contributed by atoms with van der Waals surface area (Å²) in [7, 11) is 0. The first kappa shape index (κ1) is 18.7. The van der Waals surface area contributed by atoms with Crippen molar-refractivity contribution in [2.45, 2.75) is 37.3 Å². The summed E-state index contributed by atoms with van der Waals surface area (Å²) in [6.07, 6.45) is -15.2. The van der Waals surface area contributed by atoms with E-state index in [1.165, 1.54) is 0 Å². The highest BCUT2D eigenvalue weighted by Crippen LogP contribution is 2.35. The average molecular weight is 336 g/mol. The predicted octanol–water partition coefficient (Wildman–Crippen LogP) is 0.919. The van der Waals surface area contributed by atoms with Crippen LogP contribution >= 0.6 is 0 Å². The van der Waals surface area contributed by atoms with Crippen molar-refractivity contribution in [3.05, 3.63) is 0 Å². The Morgan fingerprint density at radius 2 is 1.82 bits per heavy atom. The highest BCUT2D eigenvalue weighted by molar-refractivity contribution is 5.86. The lowest BCUT2D eigenvalue weighted by molar-refractivity contribution is -0.319. The molecule has 1 rings (SSSR count). The fourth-order valence-electron chi connectivity index (χ4n) is 1.95. The zero-order valence-corrected chi connectivity index (χ0v) is 11.1. The molecule has 0 spiro atoms. The number of hydrogen-bond donors (Lipinski definition) is 2. The summed E-state index contributed by atoms with van der Waals surface area (Å²) in [5, 5.41) is 2.47. The summed E-state index contributed by atoms with van der Waals surface area (Å²) in [6.45, 7) is -1.05. The molecule has 22 heavy (non-hydrogen) atoms. The average Bonchev–Trinajstić information content (AvgIpc) is 2.71. The molecule has 0 unspecified atom stereocenters. The number of ketones is 1. The molecule has 0 aromatic heterocycles. The highest BCUT2D eigenvalue weighted by atomic mass is 19.4. The minimum absolute atomic E-state index is 0.156. The zero-order valence-electron chi connectivity index (χ0n) is 11.1. The molecule has 2 atom stereocenters. The van der Waals surface area contributed by atoms with Gasteiger partial charge in [-0.1, -0.05) is 0 Å². The van der Waals surface area contributed by atoms with Crippen molar-refractivity contribution in [3.63, 3.8) is 0 Å². The Morgan fingerprint density at radius 3 is 2.23 bits per heavy atom. The summed E-state index contributed by atoms with van der Waals surface area (Å²) in [4.78, 5) is 22.7. The third-order valence-corrected chi connectivity index (χ3v) is 3.10. The molecule has 5 nitrogen and oxygen atoms in total. The molecule has 128 valence electrons. The maximum absolute atomic E-state index is 12.2. The van der Waals surface area contributed by atoms with Crippen molar-refractivity contribution < 1.29 is 40.7 Å². The maximum atomic E-state index is 12.2. The van der Waals surface area contributed by atoms with Crippen LogP contribution in [0.4, 0.5) is 26.3 Å². The van der Waals surface area contributed by atoms with Gasteiger partial charge in [-0.2, -0.15) is 26.3 Å². The molecule has 1 fully saturated rings. The SMILES string of the molecule is N[C@@H](C[C@@H]1CCNC1=O)C(=O)COC(C(F)(F)F)C(F)(F)F. The first-order valence-electron chi connectivity index (χ1n) is 6.24. The first-order valence-corrected chi connectivity index (χ1v) is 6.24. The molecule has 0 aromatic carbocycles. The quantitative estimate of drug-likeness (QED) is 0.707. The number of amides is 1. The van der Waals surface area contributed by atoms with Crippen LogP contribution in [0.15, 0.2) is 0 Å². The van der Waals surface area contributed by atoms with Gasteiger partial charge < -0.3 is 15.8 Å². The zero-order chi connectivity index (χ0) is 17.1. The second-order valence-electron chi connectivity index (χ2n) is 4.86. The van der Waals surface area contributed by atoms with Crippen LogP contribution in [0, 0.1) is 5.92 Å². The van der Waals surface area contributed by atoms with Crippen molar-refractivity contribution in [1.29, 1.82) is 0 Å². The minimum atomic E-state index is -5.69. The van der Waals surface area contributed by atoms with Gasteiger partial charge in [0, 0.05) is 12.5 Å². The van der Waals surface area contributed by atoms with Crippen LogP contribution in [0.25, 0.3) is 0 Å². The van der Waals surface area contributed by atoms with Gasteiger partial charge in [0.15, 0.2) is 5.78 Å². The second kappa shape index (κ2) is 6.82. The van der Waals surface area contributed by atoms with E-state index < -0.39 is 42.8 Å². The van der Waals surface area contributed by atoms with Crippen LogP contribution in [-0.2, 0) is 14.3 Å². The number of hydrogen-bond acceptors (Lipinski definition) is 4. The predicted molar refractivity (Wildman–Crippen MR) is 60.6 cm³/mol. The molecular formula is C11H14F6N2O3. The number of rotatable bonds is 6. The number of carbonyl (C=O) groups is 2. The lowest BCUT2D eigenvalue weighted by atomic mass is 9.97. The van der Waals surface area contributed by atoms with E-state index in [9.17, 15) is 35.9 Å². The van der Waals surface area contributed by atoms with E-state index in [0.29, 0.717) is 13.0 Å². The van der Waals surface area contributed by atoms with E-state index >= 15 is 0 Å². The van der Waals surface area contributed by atoms with Crippen molar-refractivity contribution in [2.24, 2.45) is 11.7 Å². The first-order chi connectivity index (χ1) is 9.93. The molecule has 11 heteroatoms. The van der Waals surface area contributed by atoms with Crippen LogP contribution in [0.3, 0.4) is 0 Å². The van der Waals surface area contributed by atoms with Crippen LogP contribution in [0.2, 0.25) is 0 Å². The molecular weight excluding hydrogens is 322 g/mol. The van der Waals surface area contributed by atoms with Crippen molar-refractivity contribution >= 4 is 11.7 Å². The van der Waals surface area contributed by atoms with Gasteiger partial charge in [-0.05, 0) is 12.8 Å². The molecule has 3 N–H and O–H groups in total. The lowest BCUT2D eigenvalue weighted by Gasteiger charge is -2.23. The Kier molecular flexibility index (Phi) is 5.79. The third-order valence-electron chi connectivity index (χ3n) is 3.10. The Balaban J connectivity index is 2.54. The number of halogens is 6. The largest absolute Gasteiger partial charge is 0.423 e. The van der Waals surface area contributed by atoms with Crippen LogP contribution < -0.4 is 11.1 Å². The molecule has 1 aliphatic rings. The minimum Gasteiger partial charge on any atom is -0.356 e. The van der Waals surface area contributed by atoms with Gasteiger partial charge in [-0.15, -0.1) is 0 Å².